The molecule has 0 bridgehead atoms. The maximum absolute atomic E-state index is 12.6. The minimum Gasteiger partial charge on any atom is -0.391 e. The zero-order valence-corrected chi connectivity index (χ0v) is 12.2. The van der Waals surface area contributed by atoms with Gasteiger partial charge in [-0.05, 0) is 31.9 Å². The Morgan fingerprint density at radius 2 is 2.05 bits per heavy atom. The highest BCUT2D eigenvalue weighted by atomic mass is 16.3. The van der Waals surface area contributed by atoms with Gasteiger partial charge in [0.15, 0.2) is 0 Å². The average molecular weight is 284 g/mol. The van der Waals surface area contributed by atoms with Crippen molar-refractivity contribution in [1.82, 2.24) is 10.3 Å². The summed E-state index contributed by atoms with van der Waals surface area (Å²) in [4.78, 5) is 17.0. The lowest BCUT2D eigenvalue weighted by Crippen LogP contribution is -2.45. The zero-order chi connectivity index (χ0) is 14.8. The first-order chi connectivity index (χ1) is 10.1. The Kier molecular flexibility index (Phi) is 3.88. The Morgan fingerprint density at radius 1 is 1.29 bits per heavy atom. The predicted molar refractivity (Wildman–Crippen MR) is 82.2 cm³/mol. The molecule has 0 radical (unpaired) electrons. The van der Waals surface area contributed by atoms with Crippen molar-refractivity contribution < 1.29 is 9.90 Å². The molecule has 4 nitrogen and oxygen atoms in total. The van der Waals surface area contributed by atoms with E-state index in [1.807, 2.05) is 37.3 Å². The quantitative estimate of drug-likeness (QED) is 0.891. The van der Waals surface area contributed by atoms with Crippen LogP contribution in [0.25, 0.3) is 10.9 Å². The molecule has 4 heteroatoms. The number of nitrogens with zero attached hydrogens (tertiary/aromatic N) is 1. The first kappa shape index (κ1) is 14.0. The molecule has 1 heterocycles. The van der Waals surface area contributed by atoms with E-state index in [2.05, 4.69) is 10.3 Å². The number of para-hydroxylation sites is 1. The van der Waals surface area contributed by atoms with E-state index in [9.17, 15) is 9.90 Å². The second kappa shape index (κ2) is 5.82. The predicted octanol–water partition coefficient (Wildman–Crippen LogP) is 2.58. The van der Waals surface area contributed by atoms with Gasteiger partial charge in [0, 0.05) is 11.1 Å². The first-order valence-electron chi connectivity index (χ1n) is 7.50. The molecule has 1 amide bonds. The monoisotopic (exact) mass is 284 g/mol. The van der Waals surface area contributed by atoms with Gasteiger partial charge in [0.2, 0.25) is 0 Å². The summed E-state index contributed by atoms with van der Waals surface area (Å²) >= 11 is 0. The largest absolute Gasteiger partial charge is 0.391 e. The normalized spacial score (nSPS) is 22.2. The number of aryl methyl sites for hydroxylation is 1. The first-order valence-corrected chi connectivity index (χ1v) is 7.50. The summed E-state index contributed by atoms with van der Waals surface area (Å²) in [6.07, 6.45) is 3.26. The molecule has 2 N–H and O–H groups in total. The van der Waals surface area contributed by atoms with E-state index in [0.717, 1.165) is 42.3 Å². The highest BCUT2D eigenvalue weighted by molar-refractivity contribution is 6.06. The number of hydrogen-bond donors (Lipinski definition) is 2. The van der Waals surface area contributed by atoms with E-state index in [0.29, 0.717) is 5.56 Å². The van der Waals surface area contributed by atoms with Crippen molar-refractivity contribution >= 4 is 16.8 Å². The van der Waals surface area contributed by atoms with Gasteiger partial charge in [0.1, 0.15) is 0 Å². The van der Waals surface area contributed by atoms with Gasteiger partial charge in [-0.2, -0.15) is 0 Å². The fraction of sp³-hybridized carbons (Fsp3) is 0.412. The molecule has 2 aromatic rings. The summed E-state index contributed by atoms with van der Waals surface area (Å²) < 4.78 is 0. The number of amides is 1. The van der Waals surface area contributed by atoms with Gasteiger partial charge in [0.05, 0.1) is 23.2 Å². The number of hydrogen-bond acceptors (Lipinski definition) is 3. The Labute approximate surface area is 124 Å². The van der Waals surface area contributed by atoms with Gasteiger partial charge in [-0.1, -0.05) is 31.0 Å². The molecule has 1 aromatic carbocycles. The van der Waals surface area contributed by atoms with Crippen LogP contribution in [0.4, 0.5) is 0 Å². The van der Waals surface area contributed by atoms with Crippen molar-refractivity contribution in [1.29, 1.82) is 0 Å². The van der Waals surface area contributed by atoms with Crippen LogP contribution in [-0.2, 0) is 0 Å². The number of aliphatic hydroxyl groups excluding tert-OH is 1. The molecule has 0 aliphatic heterocycles. The van der Waals surface area contributed by atoms with E-state index >= 15 is 0 Å². The third-order valence-corrected chi connectivity index (χ3v) is 4.13. The summed E-state index contributed by atoms with van der Waals surface area (Å²) in [5.74, 6) is -0.123. The van der Waals surface area contributed by atoms with Crippen LogP contribution in [0.2, 0.25) is 0 Å². The molecular formula is C17H20N2O2. The third-order valence-electron chi connectivity index (χ3n) is 4.13. The fourth-order valence-electron chi connectivity index (χ4n) is 3.02. The number of carbonyl (C=O) groups excluding carboxylic acids is 1. The topological polar surface area (TPSA) is 62.2 Å². The molecule has 1 aliphatic carbocycles. The molecular weight excluding hydrogens is 264 g/mol. The van der Waals surface area contributed by atoms with E-state index in [1.165, 1.54) is 0 Å². The standard InChI is InChI=1S/C17H20N2O2/c1-11-10-13(12-6-2-3-7-14(12)18-11)17(21)19-15-8-4-5-9-16(15)20/h2-3,6-7,10,15-16,20H,4-5,8-9H2,1H3,(H,19,21). The Bertz CT molecular complexity index is 669. The average Bonchev–Trinajstić information content (AvgIpc) is 2.48. The van der Waals surface area contributed by atoms with Gasteiger partial charge in [0.25, 0.3) is 5.91 Å². The maximum Gasteiger partial charge on any atom is 0.252 e. The summed E-state index contributed by atoms with van der Waals surface area (Å²) in [5, 5.41) is 13.8. The smallest absolute Gasteiger partial charge is 0.252 e. The highest BCUT2D eigenvalue weighted by Gasteiger charge is 2.25. The van der Waals surface area contributed by atoms with Crippen LogP contribution in [0.15, 0.2) is 30.3 Å². The second-order valence-corrected chi connectivity index (χ2v) is 5.76. The van der Waals surface area contributed by atoms with Crippen LogP contribution < -0.4 is 5.32 Å². The molecule has 2 unspecified atom stereocenters. The number of benzene rings is 1. The molecule has 1 aromatic heterocycles. The minimum atomic E-state index is -0.433. The maximum atomic E-state index is 12.6. The van der Waals surface area contributed by atoms with Crippen LogP contribution in [0.5, 0.6) is 0 Å². The highest BCUT2D eigenvalue weighted by Crippen LogP contribution is 2.21. The molecule has 1 aliphatic rings. The van der Waals surface area contributed by atoms with Gasteiger partial charge in [-0.25, -0.2) is 0 Å². The minimum absolute atomic E-state index is 0.123. The molecule has 21 heavy (non-hydrogen) atoms. The van der Waals surface area contributed by atoms with E-state index in [-0.39, 0.29) is 11.9 Å². The number of aliphatic hydroxyl groups is 1. The van der Waals surface area contributed by atoms with Crippen molar-refractivity contribution in [2.75, 3.05) is 0 Å². The molecule has 3 rings (SSSR count). The number of pyridine rings is 1. The van der Waals surface area contributed by atoms with Crippen molar-refractivity contribution in [3.05, 3.63) is 41.6 Å². The lowest BCUT2D eigenvalue weighted by molar-refractivity contribution is 0.0718. The number of carbonyl (C=O) groups is 1. The Hall–Kier alpha value is -1.94. The van der Waals surface area contributed by atoms with Crippen LogP contribution in [0, 0.1) is 6.92 Å². The number of nitrogens with one attached hydrogen (secondary N) is 1. The van der Waals surface area contributed by atoms with Gasteiger partial charge < -0.3 is 10.4 Å². The Balaban J connectivity index is 1.90. The Morgan fingerprint density at radius 3 is 2.86 bits per heavy atom. The van der Waals surface area contributed by atoms with E-state index in [1.54, 1.807) is 0 Å². The number of aromatic nitrogens is 1. The molecule has 0 spiro atoms. The van der Waals surface area contributed by atoms with Gasteiger partial charge in [-0.15, -0.1) is 0 Å². The molecule has 2 atom stereocenters. The molecule has 1 fully saturated rings. The van der Waals surface area contributed by atoms with E-state index < -0.39 is 6.10 Å². The summed E-state index contributed by atoms with van der Waals surface area (Å²) in [6, 6.07) is 9.32. The summed E-state index contributed by atoms with van der Waals surface area (Å²) in [6.45, 7) is 1.89. The van der Waals surface area contributed by atoms with Crippen molar-refractivity contribution in [2.45, 2.75) is 44.8 Å². The number of rotatable bonds is 2. The summed E-state index contributed by atoms with van der Waals surface area (Å²) in [7, 11) is 0. The van der Waals surface area contributed by atoms with Crippen LogP contribution >= 0.6 is 0 Å². The van der Waals surface area contributed by atoms with Crippen molar-refractivity contribution in [2.24, 2.45) is 0 Å². The van der Waals surface area contributed by atoms with Crippen LogP contribution in [-0.4, -0.2) is 28.1 Å². The third kappa shape index (κ3) is 2.90. The lowest BCUT2D eigenvalue weighted by Gasteiger charge is -2.28. The van der Waals surface area contributed by atoms with E-state index in [4.69, 9.17) is 0 Å². The zero-order valence-electron chi connectivity index (χ0n) is 12.2. The van der Waals surface area contributed by atoms with Crippen molar-refractivity contribution in [3.63, 3.8) is 0 Å². The molecule has 0 saturated heterocycles. The van der Waals surface area contributed by atoms with Gasteiger partial charge >= 0.3 is 0 Å². The fourth-order valence-corrected chi connectivity index (χ4v) is 3.02. The van der Waals surface area contributed by atoms with Gasteiger partial charge in [-0.3, -0.25) is 9.78 Å². The lowest BCUT2D eigenvalue weighted by atomic mass is 9.92. The second-order valence-electron chi connectivity index (χ2n) is 5.76. The molecule has 110 valence electrons. The van der Waals surface area contributed by atoms with Crippen LogP contribution in [0.1, 0.15) is 41.7 Å². The number of fused-ring (bicyclic) bond motifs is 1. The summed E-state index contributed by atoms with van der Waals surface area (Å²) in [5.41, 5.74) is 2.28. The van der Waals surface area contributed by atoms with Crippen molar-refractivity contribution in [3.8, 4) is 0 Å². The van der Waals surface area contributed by atoms with Crippen LogP contribution in [0.3, 0.4) is 0 Å². The SMILES string of the molecule is Cc1cc(C(=O)NC2CCCCC2O)c2ccccc2n1. The molecule has 1 saturated carbocycles.